The number of hydrogen-bond acceptors (Lipinski definition) is 5. The van der Waals surface area contributed by atoms with Gasteiger partial charge in [-0.05, 0) is 65.5 Å². The minimum atomic E-state index is 0.0177. The summed E-state index contributed by atoms with van der Waals surface area (Å²) >= 11 is 0. The lowest BCUT2D eigenvalue weighted by Gasteiger charge is -2.35. The molecule has 2 fully saturated rings. The van der Waals surface area contributed by atoms with Gasteiger partial charge >= 0.3 is 0 Å². The van der Waals surface area contributed by atoms with Crippen LogP contribution in [0.15, 0.2) is 6.07 Å². The van der Waals surface area contributed by atoms with Crippen LogP contribution >= 0.6 is 0 Å². The highest BCUT2D eigenvalue weighted by molar-refractivity contribution is 6.01. The minimum Gasteiger partial charge on any atom is -0.356 e. The number of rotatable bonds is 1. The third-order valence-corrected chi connectivity index (χ3v) is 6.79. The Morgan fingerprint density at radius 2 is 1.78 bits per heavy atom. The topological polar surface area (TPSA) is 82.8 Å². The molecule has 2 aliphatic rings. The zero-order valence-corrected chi connectivity index (χ0v) is 19.7. The van der Waals surface area contributed by atoms with Crippen molar-refractivity contribution in [3.05, 3.63) is 28.7 Å². The number of aromatic nitrogens is 3. The fourth-order valence-corrected chi connectivity index (χ4v) is 5.14. The van der Waals surface area contributed by atoms with Crippen LogP contribution in [0.1, 0.15) is 72.4 Å². The largest absolute Gasteiger partial charge is 0.356 e. The monoisotopic (exact) mass is 440 g/mol. The van der Waals surface area contributed by atoms with E-state index in [4.69, 9.17) is 0 Å². The van der Waals surface area contributed by atoms with Gasteiger partial charge < -0.3 is 10.2 Å². The molecule has 8 nitrogen and oxygen atoms in total. The van der Waals surface area contributed by atoms with E-state index in [0.29, 0.717) is 43.3 Å². The molecule has 0 bridgehead atoms. The first kappa shape index (κ1) is 22.7. The molecule has 4 heterocycles. The molecule has 1 atom stereocenters. The minimum absolute atomic E-state index is 0.0177. The second kappa shape index (κ2) is 9.98. The van der Waals surface area contributed by atoms with Gasteiger partial charge in [0.15, 0.2) is 5.65 Å². The van der Waals surface area contributed by atoms with Crippen LogP contribution in [-0.4, -0.2) is 75.0 Å². The maximum absolute atomic E-state index is 13.7. The van der Waals surface area contributed by atoms with Gasteiger partial charge in [-0.25, -0.2) is 9.50 Å². The zero-order valence-electron chi connectivity index (χ0n) is 19.7. The zero-order chi connectivity index (χ0) is 22.7. The van der Waals surface area contributed by atoms with Crippen molar-refractivity contribution in [1.29, 1.82) is 0 Å². The molecule has 0 radical (unpaired) electrons. The lowest BCUT2D eigenvalue weighted by atomic mass is 9.98. The van der Waals surface area contributed by atoms with Gasteiger partial charge in [-0.15, -0.1) is 0 Å². The number of carbonyl (C=O) groups is 2. The molecular weight excluding hydrogens is 404 g/mol. The van der Waals surface area contributed by atoms with Crippen molar-refractivity contribution in [3.63, 3.8) is 0 Å². The normalized spacial score (nSPS) is 21.9. The van der Waals surface area contributed by atoms with Crippen molar-refractivity contribution in [3.8, 4) is 0 Å². The number of fused-ring (bicyclic) bond motifs is 2. The molecule has 174 valence electrons. The summed E-state index contributed by atoms with van der Waals surface area (Å²) in [5, 5.41) is 7.68. The number of amides is 2. The summed E-state index contributed by atoms with van der Waals surface area (Å²) in [5.41, 5.74) is 3.86. The second-order valence-electron chi connectivity index (χ2n) is 9.33. The Balaban J connectivity index is 1.55. The van der Waals surface area contributed by atoms with Crippen LogP contribution in [-0.2, 0) is 4.79 Å². The molecule has 0 saturated carbocycles. The standard InChI is InChI=1S/C24H36N6O2/c1-17-15-18(2)30-23(26-17)22(19(3)27-30)24(32)29-12-7-5-10-25-21(31)16-20-9-4-6-11-28(20)13-8-14-29/h15,20H,4-14,16H2,1-3H3,(H,25,31). The van der Waals surface area contributed by atoms with Gasteiger partial charge in [-0.1, -0.05) is 6.42 Å². The smallest absolute Gasteiger partial charge is 0.259 e. The number of carbonyl (C=O) groups excluding carboxylic acids is 2. The molecule has 4 rings (SSSR count). The number of piperidine rings is 1. The molecule has 2 aromatic rings. The quantitative estimate of drug-likeness (QED) is 0.737. The third kappa shape index (κ3) is 4.95. The molecule has 8 heteroatoms. The van der Waals surface area contributed by atoms with Crippen LogP contribution in [0.3, 0.4) is 0 Å². The van der Waals surface area contributed by atoms with E-state index in [2.05, 4.69) is 20.3 Å². The van der Waals surface area contributed by atoms with E-state index in [1.807, 2.05) is 31.7 Å². The van der Waals surface area contributed by atoms with Gasteiger partial charge in [-0.2, -0.15) is 5.10 Å². The average Bonchev–Trinajstić information content (AvgIpc) is 3.09. The Kier molecular flexibility index (Phi) is 7.08. The molecule has 1 unspecified atom stereocenters. The Morgan fingerprint density at radius 1 is 1.03 bits per heavy atom. The summed E-state index contributed by atoms with van der Waals surface area (Å²) in [4.78, 5) is 35.1. The average molecular weight is 441 g/mol. The molecule has 2 saturated heterocycles. The van der Waals surface area contributed by atoms with E-state index < -0.39 is 0 Å². The van der Waals surface area contributed by atoms with Gasteiger partial charge in [0.25, 0.3) is 5.91 Å². The van der Waals surface area contributed by atoms with Crippen LogP contribution in [0.25, 0.3) is 5.65 Å². The summed E-state index contributed by atoms with van der Waals surface area (Å²) < 4.78 is 1.78. The molecule has 2 aliphatic heterocycles. The van der Waals surface area contributed by atoms with Crippen LogP contribution < -0.4 is 5.32 Å². The molecule has 0 spiro atoms. The molecule has 0 aromatic carbocycles. The number of nitrogens with one attached hydrogen (secondary N) is 1. The number of nitrogens with zero attached hydrogens (tertiary/aromatic N) is 5. The molecule has 1 N–H and O–H groups in total. The molecule has 2 aromatic heterocycles. The van der Waals surface area contributed by atoms with Crippen LogP contribution in [0.4, 0.5) is 0 Å². The Morgan fingerprint density at radius 3 is 2.62 bits per heavy atom. The second-order valence-corrected chi connectivity index (χ2v) is 9.33. The first-order valence-electron chi connectivity index (χ1n) is 12.1. The Labute approximate surface area is 190 Å². The fourth-order valence-electron chi connectivity index (χ4n) is 5.14. The van der Waals surface area contributed by atoms with Crippen molar-refractivity contribution in [2.45, 2.75) is 71.8 Å². The maximum atomic E-state index is 13.7. The summed E-state index contributed by atoms with van der Waals surface area (Å²) in [7, 11) is 0. The lowest BCUT2D eigenvalue weighted by Crippen LogP contribution is -2.44. The van der Waals surface area contributed by atoms with Crippen LogP contribution in [0.5, 0.6) is 0 Å². The molecular formula is C24H36N6O2. The van der Waals surface area contributed by atoms with E-state index in [0.717, 1.165) is 55.9 Å². The van der Waals surface area contributed by atoms with Crippen molar-refractivity contribution in [1.82, 2.24) is 29.7 Å². The van der Waals surface area contributed by atoms with Gasteiger partial charge in [0, 0.05) is 50.0 Å². The lowest BCUT2D eigenvalue weighted by molar-refractivity contribution is -0.122. The van der Waals surface area contributed by atoms with E-state index in [1.165, 1.54) is 12.8 Å². The molecule has 32 heavy (non-hydrogen) atoms. The predicted molar refractivity (Wildman–Crippen MR) is 124 cm³/mol. The Hall–Kier alpha value is -2.48. The van der Waals surface area contributed by atoms with Gasteiger partial charge in [0.2, 0.25) is 5.91 Å². The summed E-state index contributed by atoms with van der Waals surface area (Å²) in [6.45, 7) is 9.86. The van der Waals surface area contributed by atoms with Gasteiger partial charge in [0.05, 0.1) is 5.69 Å². The molecule has 2 amide bonds. The first-order valence-corrected chi connectivity index (χ1v) is 12.1. The maximum Gasteiger partial charge on any atom is 0.259 e. The van der Waals surface area contributed by atoms with E-state index in [9.17, 15) is 9.59 Å². The Bertz CT molecular complexity index is 985. The fraction of sp³-hybridized carbons (Fsp3) is 0.667. The highest BCUT2D eigenvalue weighted by Gasteiger charge is 2.27. The highest BCUT2D eigenvalue weighted by Crippen LogP contribution is 2.22. The van der Waals surface area contributed by atoms with Crippen LogP contribution in [0, 0.1) is 20.8 Å². The van der Waals surface area contributed by atoms with Crippen LogP contribution in [0.2, 0.25) is 0 Å². The molecule has 0 aliphatic carbocycles. The van der Waals surface area contributed by atoms with E-state index >= 15 is 0 Å². The van der Waals surface area contributed by atoms with Crippen molar-refractivity contribution >= 4 is 17.5 Å². The van der Waals surface area contributed by atoms with Gasteiger partial charge in [-0.3, -0.25) is 14.5 Å². The van der Waals surface area contributed by atoms with Crippen molar-refractivity contribution in [2.24, 2.45) is 0 Å². The first-order chi connectivity index (χ1) is 15.4. The van der Waals surface area contributed by atoms with Crippen molar-refractivity contribution < 1.29 is 9.59 Å². The summed E-state index contributed by atoms with van der Waals surface area (Å²) in [5.74, 6) is 0.178. The van der Waals surface area contributed by atoms with Crippen molar-refractivity contribution in [2.75, 3.05) is 32.7 Å². The van der Waals surface area contributed by atoms with Gasteiger partial charge in [0.1, 0.15) is 5.56 Å². The number of aryl methyl sites for hydroxylation is 3. The van der Waals surface area contributed by atoms with E-state index in [-0.39, 0.29) is 11.8 Å². The predicted octanol–water partition coefficient (Wildman–Crippen LogP) is 2.64. The summed E-state index contributed by atoms with van der Waals surface area (Å²) in [6, 6.07) is 2.31. The summed E-state index contributed by atoms with van der Waals surface area (Å²) in [6.07, 6.45) is 6.70. The highest BCUT2D eigenvalue weighted by atomic mass is 16.2. The van der Waals surface area contributed by atoms with E-state index in [1.54, 1.807) is 4.52 Å². The SMILES string of the molecule is Cc1cc(C)n2nc(C)c(C(=O)N3CCCCNC(=O)CC4CCCCN4CCC3)c2n1. The third-order valence-electron chi connectivity index (χ3n) is 6.79. The number of hydrogen-bond donors (Lipinski definition) is 1.